The molecule has 0 saturated carbocycles. The summed E-state index contributed by atoms with van der Waals surface area (Å²) in [4.78, 5) is 38.5. The summed E-state index contributed by atoms with van der Waals surface area (Å²) < 4.78 is 29.2. The summed E-state index contributed by atoms with van der Waals surface area (Å²) >= 11 is 0. The lowest BCUT2D eigenvalue weighted by atomic mass is 9.84. The largest absolute Gasteiger partial charge is 0.504 e. The zero-order valence-corrected chi connectivity index (χ0v) is 18.9. The SMILES string of the molecule is CCNC(=O)C1=CNC(C[C@H]2C[C@@H](c3ccc(OC(F)F)c(O)c3)CN2C(C)=O)(C(N)=O)C=C1. The number of likely N-dealkylation sites (N-methyl/N-ethyl adjacent to an activating group) is 1. The van der Waals surface area contributed by atoms with E-state index in [0.717, 1.165) is 0 Å². The number of carbonyl (C=O) groups is 3. The average molecular weight is 478 g/mol. The highest BCUT2D eigenvalue weighted by molar-refractivity contribution is 5.97. The molecule has 0 aliphatic carbocycles. The molecule has 2 heterocycles. The minimum atomic E-state index is -3.07. The molecule has 1 unspecified atom stereocenters. The number of likely N-dealkylation sites (tertiary alicyclic amines) is 1. The molecule has 1 aromatic carbocycles. The molecule has 5 N–H and O–H groups in total. The maximum absolute atomic E-state index is 12.5. The van der Waals surface area contributed by atoms with Crippen molar-refractivity contribution in [2.24, 2.45) is 5.73 Å². The highest BCUT2D eigenvalue weighted by atomic mass is 19.3. The maximum atomic E-state index is 12.5. The number of amides is 3. The van der Waals surface area contributed by atoms with E-state index in [1.54, 1.807) is 17.9 Å². The van der Waals surface area contributed by atoms with Crippen molar-refractivity contribution in [1.29, 1.82) is 0 Å². The molecule has 0 radical (unpaired) electrons. The van der Waals surface area contributed by atoms with Gasteiger partial charge in [-0.25, -0.2) is 0 Å². The third kappa shape index (κ3) is 5.29. The Bertz CT molecular complexity index is 1030. The van der Waals surface area contributed by atoms with E-state index in [1.807, 2.05) is 0 Å². The van der Waals surface area contributed by atoms with Gasteiger partial charge in [0.25, 0.3) is 5.91 Å². The van der Waals surface area contributed by atoms with Gasteiger partial charge in [0, 0.05) is 44.6 Å². The van der Waals surface area contributed by atoms with Crippen molar-refractivity contribution in [1.82, 2.24) is 15.5 Å². The first-order chi connectivity index (χ1) is 16.1. The summed E-state index contributed by atoms with van der Waals surface area (Å²) in [6.45, 7) is 0.905. The minimum Gasteiger partial charge on any atom is -0.504 e. The van der Waals surface area contributed by atoms with Crippen molar-refractivity contribution in [3.8, 4) is 11.5 Å². The van der Waals surface area contributed by atoms with Crippen LogP contribution in [-0.4, -0.2) is 59.0 Å². The van der Waals surface area contributed by atoms with Crippen LogP contribution in [0.5, 0.6) is 11.5 Å². The van der Waals surface area contributed by atoms with Crippen LogP contribution in [0.3, 0.4) is 0 Å². The number of alkyl halides is 2. The summed E-state index contributed by atoms with van der Waals surface area (Å²) in [5, 5.41) is 15.7. The molecular weight excluding hydrogens is 450 g/mol. The summed E-state index contributed by atoms with van der Waals surface area (Å²) in [5.41, 5.74) is 5.39. The van der Waals surface area contributed by atoms with Gasteiger partial charge >= 0.3 is 6.61 Å². The first kappa shape index (κ1) is 25.0. The first-order valence-corrected chi connectivity index (χ1v) is 10.9. The van der Waals surface area contributed by atoms with Crippen LogP contribution in [0.15, 0.2) is 42.1 Å². The first-order valence-electron chi connectivity index (χ1n) is 10.9. The number of hydrogen-bond donors (Lipinski definition) is 4. The van der Waals surface area contributed by atoms with Crippen LogP contribution in [0.1, 0.15) is 38.2 Å². The highest BCUT2D eigenvalue weighted by Gasteiger charge is 2.43. The van der Waals surface area contributed by atoms with Gasteiger partial charge in [-0.2, -0.15) is 8.78 Å². The number of nitrogens with two attached hydrogens (primary N) is 1. The maximum Gasteiger partial charge on any atom is 0.387 e. The smallest absolute Gasteiger partial charge is 0.387 e. The summed E-state index contributed by atoms with van der Waals surface area (Å²) in [5.74, 6) is -2.13. The molecule has 1 fully saturated rings. The molecule has 3 atom stereocenters. The van der Waals surface area contributed by atoms with E-state index in [1.165, 1.54) is 37.4 Å². The van der Waals surface area contributed by atoms with Crippen LogP contribution in [0, 0.1) is 0 Å². The van der Waals surface area contributed by atoms with Crippen molar-refractivity contribution < 1.29 is 33.0 Å². The van der Waals surface area contributed by atoms with E-state index in [2.05, 4.69) is 15.4 Å². The number of nitrogens with one attached hydrogen (secondary N) is 2. The highest BCUT2D eigenvalue weighted by Crippen LogP contribution is 2.39. The van der Waals surface area contributed by atoms with Crippen molar-refractivity contribution in [3.63, 3.8) is 0 Å². The Morgan fingerprint density at radius 1 is 1.38 bits per heavy atom. The van der Waals surface area contributed by atoms with Gasteiger partial charge in [-0.15, -0.1) is 0 Å². The van der Waals surface area contributed by atoms with Crippen LogP contribution >= 0.6 is 0 Å². The molecule has 11 heteroatoms. The topological polar surface area (TPSA) is 134 Å². The molecule has 9 nitrogen and oxygen atoms in total. The fourth-order valence-electron chi connectivity index (χ4n) is 4.41. The average Bonchev–Trinajstić information content (AvgIpc) is 3.19. The molecule has 2 aliphatic heterocycles. The zero-order valence-electron chi connectivity index (χ0n) is 18.9. The molecule has 0 bridgehead atoms. The van der Waals surface area contributed by atoms with Crippen molar-refractivity contribution >= 4 is 17.7 Å². The molecule has 0 aromatic heterocycles. The number of benzene rings is 1. The fraction of sp³-hybridized carbons (Fsp3) is 0.435. The van der Waals surface area contributed by atoms with Gasteiger partial charge in [-0.3, -0.25) is 14.4 Å². The van der Waals surface area contributed by atoms with Crippen molar-refractivity contribution in [3.05, 3.63) is 47.7 Å². The Balaban J connectivity index is 1.80. The van der Waals surface area contributed by atoms with Crippen molar-refractivity contribution in [2.75, 3.05) is 13.1 Å². The number of rotatable bonds is 8. The quantitative estimate of drug-likeness (QED) is 0.447. The van der Waals surface area contributed by atoms with E-state index in [-0.39, 0.29) is 35.9 Å². The Morgan fingerprint density at radius 3 is 2.65 bits per heavy atom. The second-order valence-corrected chi connectivity index (χ2v) is 8.34. The number of ether oxygens (including phenoxy) is 1. The molecule has 184 valence electrons. The molecule has 2 aliphatic rings. The summed E-state index contributed by atoms with van der Waals surface area (Å²) in [6.07, 6.45) is 5.10. The number of halogens is 2. The Morgan fingerprint density at radius 2 is 2.12 bits per heavy atom. The minimum absolute atomic E-state index is 0.159. The Hall–Kier alpha value is -3.63. The number of nitrogens with zero attached hydrogens (tertiary/aromatic N) is 1. The van der Waals surface area contributed by atoms with Crippen LogP contribution < -0.4 is 21.1 Å². The van der Waals surface area contributed by atoms with Gasteiger partial charge in [0.1, 0.15) is 5.54 Å². The Kier molecular flexibility index (Phi) is 7.43. The summed E-state index contributed by atoms with van der Waals surface area (Å²) in [6, 6.07) is 3.78. The van der Waals surface area contributed by atoms with Gasteiger partial charge < -0.3 is 31.1 Å². The number of hydrogen-bond acceptors (Lipinski definition) is 6. The molecule has 3 rings (SSSR count). The van der Waals surface area contributed by atoms with E-state index < -0.39 is 23.8 Å². The van der Waals surface area contributed by atoms with E-state index in [9.17, 15) is 28.3 Å². The predicted molar refractivity (Wildman–Crippen MR) is 119 cm³/mol. The molecule has 34 heavy (non-hydrogen) atoms. The van der Waals surface area contributed by atoms with Crippen LogP contribution in [-0.2, 0) is 14.4 Å². The third-order valence-electron chi connectivity index (χ3n) is 6.12. The van der Waals surface area contributed by atoms with Gasteiger partial charge in [-0.05, 0) is 43.2 Å². The zero-order chi connectivity index (χ0) is 25.0. The second kappa shape index (κ2) is 10.1. The van der Waals surface area contributed by atoms with Crippen molar-refractivity contribution in [2.45, 2.75) is 50.8 Å². The standard InChI is InChI=1S/C23H28F2N4O5/c1-3-27-20(32)15-6-7-23(21(26)33,28-11-15)10-17-8-16(12-29(17)13(2)30)14-4-5-19(18(31)9-14)34-22(24)25/h4-7,9,11,16-17,22,28,31H,3,8,10,12H2,1-2H3,(H2,26,33)(H,27,32)/t16-,17-,23?/m1/s1. The lowest BCUT2D eigenvalue weighted by molar-refractivity contribution is -0.131. The Labute approximate surface area is 195 Å². The van der Waals surface area contributed by atoms with Crippen LogP contribution in [0.25, 0.3) is 0 Å². The predicted octanol–water partition coefficient (Wildman–Crippen LogP) is 1.49. The number of phenolic OH excluding ortho intramolecular Hbond substituents is 1. The van der Waals surface area contributed by atoms with Gasteiger partial charge in [-0.1, -0.05) is 6.07 Å². The molecule has 0 spiro atoms. The lowest BCUT2D eigenvalue weighted by Crippen LogP contribution is -2.56. The van der Waals surface area contributed by atoms with E-state index in [0.29, 0.717) is 30.6 Å². The number of carbonyl (C=O) groups excluding carboxylic acids is 3. The molecule has 1 saturated heterocycles. The lowest BCUT2D eigenvalue weighted by Gasteiger charge is -2.35. The summed E-state index contributed by atoms with van der Waals surface area (Å²) in [7, 11) is 0. The van der Waals surface area contributed by atoms with Crippen LogP contribution in [0.4, 0.5) is 8.78 Å². The number of phenols is 1. The van der Waals surface area contributed by atoms with Gasteiger partial charge in [0.15, 0.2) is 11.5 Å². The number of dihydropyridines is 1. The van der Waals surface area contributed by atoms with Crippen LogP contribution in [0.2, 0.25) is 0 Å². The number of primary amides is 1. The molecule has 1 aromatic rings. The normalized spacial score (nSPS) is 23.9. The van der Waals surface area contributed by atoms with Gasteiger partial charge in [0.05, 0.1) is 5.57 Å². The monoisotopic (exact) mass is 478 g/mol. The number of aromatic hydroxyl groups is 1. The van der Waals surface area contributed by atoms with E-state index >= 15 is 0 Å². The third-order valence-corrected chi connectivity index (χ3v) is 6.12. The van der Waals surface area contributed by atoms with Gasteiger partial charge in [0.2, 0.25) is 11.8 Å². The molecule has 3 amide bonds. The fourth-order valence-corrected chi connectivity index (χ4v) is 4.41. The molecular formula is C23H28F2N4O5. The van der Waals surface area contributed by atoms with E-state index in [4.69, 9.17) is 5.73 Å². The second-order valence-electron chi connectivity index (χ2n) is 8.34.